The second-order valence-electron chi connectivity index (χ2n) is 5.22. The van der Waals surface area contributed by atoms with Gasteiger partial charge in [0.25, 0.3) is 0 Å². The molecule has 4 nitrogen and oxygen atoms in total. The number of phenolic OH excluding ortho intramolecular Hbond substituents is 1. The van der Waals surface area contributed by atoms with Crippen LogP contribution in [0.15, 0.2) is 24.3 Å². The van der Waals surface area contributed by atoms with E-state index in [2.05, 4.69) is 17.6 Å². The van der Waals surface area contributed by atoms with Crippen LogP contribution in [0.2, 0.25) is 0 Å². The summed E-state index contributed by atoms with van der Waals surface area (Å²) in [6.45, 7) is 2.86. The van der Waals surface area contributed by atoms with Crippen LogP contribution in [0.3, 0.4) is 0 Å². The van der Waals surface area contributed by atoms with E-state index in [9.17, 15) is 9.90 Å². The molecule has 1 aromatic carbocycles. The summed E-state index contributed by atoms with van der Waals surface area (Å²) in [7, 11) is 0. The van der Waals surface area contributed by atoms with E-state index in [0.29, 0.717) is 12.5 Å². The molecule has 19 heavy (non-hydrogen) atoms. The summed E-state index contributed by atoms with van der Waals surface area (Å²) in [6, 6.07) is 7.88. The van der Waals surface area contributed by atoms with Crippen molar-refractivity contribution in [3.63, 3.8) is 0 Å². The molecule has 0 bridgehead atoms. The average molecular weight is 262 g/mol. The number of nitrogens with one attached hydrogen (secondary N) is 2. The molecule has 4 heteroatoms. The third-order valence-corrected chi connectivity index (χ3v) is 3.34. The highest BCUT2D eigenvalue weighted by Gasteiger charge is 2.22. The summed E-state index contributed by atoms with van der Waals surface area (Å²) >= 11 is 0. The topological polar surface area (TPSA) is 61.4 Å². The van der Waals surface area contributed by atoms with Gasteiger partial charge in [0.2, 0.25) is 5.91 Å². The normalized spacial score (nSPS) is 16.1. The Morgan fingerprint density at radius 1 is 1.47 bits per heavy atom. The summed E-state index contributed by atoms with van der Waals surface area (Å²) in [4.78, 5) is 11.5. The van der Waals surface area contributed by atoms with Crippen LogP contribution in [0, 0.1) is 0 Å². The molecule has 0 saturated heterocycles. The quantitative estimate of drug-likeness (QED) is 0.659. The molecule has 1 aliphatic carbocycles. The molecule has 0 aromatic heterocycles. The predicted octanol–water partition coefficient (Wildman–Crippen LogP) is 2.10. The molecule has 0 heterocycles. The lowest BCUT2D eigenvalue weighted by molar-refractivity contribution is -0.121. The van der Waals surface area contributed by atoms with Crippen molar-refractivity contribution in [2.45, 2.75) is 44.7 Å². The number of phenols is 1. The zero-order chi connectivity index (χ0) is 13.7. The minimum absolute atomic E-state index is 0.161. The van der Waals surface area contributed by atoms with Gasteiger partial charge in [0.1, 0.15) is 5.75 Å². The summed E-state index contributed by atoms with van der Waals surface area (Å²) in [6.07, 6.45) is 3.69. The van der Waals surface area contributed by atoms with E-state index >= 15 is 0 Å². The number of aromatic hydroxyl groups is 1. The number of hydrogen-bond donors (Lipinski definition) is 3. The number of carbonyl (C=O) groups excluding carboxylic acids is 1. The number of amides is 1. The van der Waals surface area contributed by atoms with Crippen LogP contribution >= 0.6 is 0 Å². The predicted molar refractivity (Wildman–Crippen MR) is 74.9 cm³/mol. The largest absolute Gasteiger partial charge is 0.508 e. The van der Waals surface area contributed by atoms with E-state index in [-0.39, 0.29) is 17.7 Å². The molecule has 104 valence electrons. The fourth-order valence-corrected chi connectivity index (χ4v) is 2.01. The van der Waals surface area contributed by atoms with Crippen molar-refractivity contribution >= 4 is 5.91 Å². The molecule has 1 aliphatic rings. The first-order valence-corrected chi connectivity index (χ1v) is 6.97. The molecule has 1 saturated carbocycles. The SMILES string of the molecule is CC(NCCCC(=O)NC1CC1)c1cccc(O)c1. The van der Waals surface area contributed by atoms with E-state index in [1.165, 1.54) is 0 Å². The molecule has 2 rings (SSSR count). The van der Waals surface area contributed by atoms with Crippen molar-refractivity contribution in [3.8, 4) is 5.75 Å². The summed E-state index contributed by atoms with van der Waals surface area (Å²) in [5.74, 6) is 0.448. The molecule has 0 aliphatic heterocycles. The highest BCUT2D eigenvalue weighted by molar-refractivity contribution is 5.76. The maximum atomic E-state index is 11.5. The Hall–Kier alpha value is -1.55. The fraction of sp³-hybridized carbons (Fsp3) is 0.533. The number of benzene rings is 1. The van der Waals surface area contributed by atoms with Crippen molar-refractivity contribution in [2.24, 2.45) is 0 Å². The van der Waals surface area contributed by atoms with E-state index in [1.807, 2.05) is 12.1 Å². The van der Waals surface area contributed by atoms with E-state index in [4.69, 9.17) is 0 Å². The molecule has 1 unspecified atom stereocenters. The van der Waals surface area contributed by atoms with Crippen molar-refractivity contribution in [1.82, 2.24) is 10.6 Å². The maximum Gasteiger partial charge on any atom is 0.220 e. The summed E-state index contributed by atoms with van der Waals surface area (Å²) in [5, 5.41) is 15.8. The third-order valence-electron chi connectivity index (χ3n) is 3.34. The first-order chi connectivity index (χ1) is 9.15. The Kier molecular flexibility index (Phi) is 4.80. The molecular weight excluding hydrogens is 240 g/mol. The van der Waals surface area contributed by atoms with E-state index in [1.54, 1.807) is 12.1 Å². The molecule has 1 amide bonds. The van der Waals surface area contributed by atoms with Gasteiger partial charge in [-0.05, 0) is 50.4 Å². The van der Waals surface area contributed by atoms with Gasteiger partial charge in [-0.2, -0.15) is 0 Å². The second-order valence-corrected chi connectivity index (χ2v) is 5.22. The van der Waals surface area contributed by atoms with Crippen LogP contribution in [0.5, 0.6) is 5.75 Å². The second kappa shape index (κ2) is 6.57. The van der Waals surface area contributed by atoms with Gasteiger partial charge >= 0.3 is 0 Å². The smallest absolute Gasteiger partial charge is 0.220 e. The van der Waals surface area contributed by atoms with E-state index < -0.39 is 0 Å². The van der Waals surface area contributed by atoms with Gasteiger partial charge in [-0.25, -0.2) is 0 Å². The van der Waals surface area contributed by atoms with Crippen LogP contribution in [0.4, 0.5) is 0 Å². The molecule has 0 spiro atoms. The van der Waals surface area contributed by atoms with Crippen LogP contribution in [0.1, 0.15) is 44.2 Å². The van der Waals surface area contributed by atoms with Crippen molar-refractivity contribution in [1.29, 1.82) is 0 Å². The highest BCUT2D eigenvalue weighted by Crippen LogP contribution is 2.19. The minimum Gasteiger partial charge on any atom is -0.508 e. The first kappa shape index (κ1) is 13.9. The van der Waals surface area contributed by atoms with Gasteiger partial charge in [0.05, 0.1) is 0 Å². The van der Waals surface area contributed by atoms with Crippen LogP contribution < -0.4 is 10.6 Å². The molecular formula is C15H22N2O2. The standard InChI is InChI=1S/C15H22N2O2/c1-11(12-4-2-5-14(18)10-12)16-9-3-6-15(19)17-13-7-8-13/h2,4-5,10-11,13,16,18H,3,6-9H2,1H3,(H,17,19). The van der Waals surface area contributed by atoms with E-state index in [0.717, 1.165) is 31.4 Å². The Balaban J connectivity index is 1.63. The Morgan fingerprint density at radius 3 is 2.95 bits per heavy atom. The summed E-state index contributed by atoms with van der Waals surface area (Å²) in [5.41, 5.74) is 1.06. The van der Waals surface area contributed by atoms with Crippen LogP contribution in [-0.2, 0) is 4.79 Å². The Bertz CT molecular complexity index is 430. The lowest BCUT2D eigenvalue weighted by Gasteiger charge is -2.14. The minimum atomic E-state index is 0.161. The summed E-state index contributed by atoms with van der Waals surface area (Å²) < 4.78 is 0. The highest BCUT2D eigenvalue weighted by atomic mass is 16.3. The van der Waals surface area contributed by atoms with Gasteiger partial charge in [-0.3, -0.25) is 4.79 Å². The van der Waals surface area contributed by atoms with Gasteiger partial charge in [0.15, 0.2) is 0 Å². The average Bonchev–Trinajstić information content (AvgIpc) is 3.18. The van der Waals surface area contributed by atoms with Gasteiger partial charge in [0, 0.05) is 18.5 Å². The fourth-order valence-electron chi connectivity index (χ4n) is 2.01. The van der Waals surface area contributed by atoms with Crippen molar-refractivity contribution in [2.75, 3.05) is 6.54 Å². The van der Waals surface area contributed by atoms with Gasteiger partial charge in [-0.15, -0.1) is 0 Å². The third kappa shape index (κ3) is 4.91. The molecule has 1 aromatic rings. The van der Waals surface area contributed by atoms with Gasteiger partial charge < -0.3 is 15.7 Å². The van der Waals surface area contributed by atoms with Gasteiger partial charge in [-0.1, -0.05) is 12.1 Å². The molecule has 3 N–H and O–H groups in total. The Labute approximate surface area is 114 Å². The number of rotatable bonds is 7. The first-order valence-electron chi connectivity index (χ1n) is 6.97. The molecule has 1 fully saturated rings. The molecule has 1 atom stereocenters. The lowest BCUT2D eigenvalue weighted by atomic mass is 10.1. The molecule has 0 radical (unpaired) electrons. The van der Waals surface area contributed by atoms with Crippen LogP contribution in [-0.4, -0.2) is 23.6 Å². The lowest BCUT2D eigenvalue weighted by Crippen LogP contribution is -2.27. The number of carbonyl (C=O) groups is 1. The maximum absolute atomic E-state index is 11.5. The van der Waals surface area contributed by atoms with Crippen LogP contribution in [0.25, 0.3) is 0 Å². The zero-order valence-electron chi connectivity index (χ0n) is 11.4. The van der Waals surface area contributed by atoms with Crippen molar-refractivity contribution < 1.29 is 9.90 Å². The zero-order valence-corrected chi connectivity index (χ0v) is 11.4. The Morgan fingerprint density at radius 2 is 2.26 bits per heavy atom. The number of hydrogen-bond acceptors (Lipinski definition) is 3. The monoisotopic (exact) mass is 262 g/mol. The van der Waals surface area contributed by atoms with Crippen molar-refractivity contribution in [3.05, 3.63) is 29.8 Å².